The molecule has 0 radical (unpaired) electrons. The first-order valence-electron chi connectivity index (χ1n) is 13.3. The van der Waals surface area contributed by atoms with Crippen molar-refractivity contribution in [3.8, 4) is 25.1 Å². The maximum Gasteiger partial charge on any atom is 0.153 e. The fourth-order valence-electron chi connectivity index (χ4n) is 7.12. The smallest absolute Gasteiger partial charge is 0.153 e. The van der Waals surface area contributed by atoms with Crippen LogP contribution in [0.3, 0.4) is 0 Å². The molecule has 0 aliphatic heterocycles. The van der Waals surface area contributed by atoms with Crippen molar-refractivity contribution in [3.63, 3.8) is 0 Å². The first kappa shape index (κ1) is 27.4. The van der Waals surface area contributed by atoms with Gasteiger partial charge in [0.05, 0.1) is 0 Å². The Morgan fingerprint density at radius 2 is 1.49 bits per heavy atom. The van der Waals surface area contributed by atoms with E-state index in [4.69, 9.17) is 32.4 Å². The van der Waals surface area contributed by atoms with Crippen molar-refractivity contribution < 1.29 is 19.6 Å². The third-order valence-electron chi connectivity index (χ3n) is 9.06. The summed E-state index contributed by atoms with van der Waals surface area (Å²) in [6, 6.07) is 0. The lowest BCUT2D eigenvalue weighted by Gasteiger charge is -2.51. The quantitative estimate of drug-likeness (QED) is 0.186. The Kier molecular flexibility index (Phi) is 9.20. The Morgan fingerprint density at radius 3 is 2.14 bits per heavy atom. The van der Waals surface area contributed by atoms with Gasteiger partial charge < -0.3 is 0 Å². The predicted molar refractivity (Wildman–Crippen MR) is 140 cm³/mol. The van der Waals surface area contributed by atoms with Crippen LogP contribution in [-0.4, -0.2) is 12.2 Å². The summed E-state index contributed by atoms with van der Waals surface area (Å²) >= 11 is 0. The lowest BCUT2D eigenvalue weighted by molar-refractivity contribution is -0.306. The lowest BCUT2D eigenvalue weighted by Crippen LogP contribution is -2.49. The second kappa shape index (κ2) is 11.7. The Balaban J connectivity index is 0.000000196. The van der Waals surface area contributed by atoms with E-state index in [1.54, 1.807) is 0 Å². The van der Waals surface area contributed by atoms with E-state index in [1.165, 1.54) is 12.0 Å². The summed E-state index contributed by atoms with van der Waals surface area (Å²) in [5.74, 6) is 4.36. The van der Waals surface area contributed by atoms with Crippen LogP contribution in [0.15, 0.2) is 36.0 Å². The number of hydrogen-bond donors (Lipinski definition) is 0. The van der Waals surface area contributed by atoms with Gasteiger partial charge >= 0.3 is 0 Å². The molecule has 0 heterocycles. The molecule has 7 unspecified atom stereocenters. The number of allylic oxidation sites excluding steroid dienone is 5. The van der Waals surface area contributed by atoms with Gasteiger partial charge in [-0.2, -0.15) is 9.78 Å². The molecule has 4 nitrogen and oxygen atoms in total. The Bertz CT molecular complexity index is 889. The molecule has 11 atom stereocenters. The Labute approximate surface area is 213 Å². The molecule has 0 aromatic carbocycles. The molecular formula is C31H44O4. The van der Waals surface area contributed by atoms with Crippen LogP contribution in [0.1, 0.15) is 67.7 Å². The van der Waals surface area contributed by atoms with Gasteiger partial charge in [-0.1, -0.05) is 91.7 Å². The second-order valence-electron chi connectivity index (χ2n) is 11.8. The molecule has 1 fully saturated rings. The maximum absolute atomic E-state index is 5.49. The number of fused-ring (bicyclic) bond motifs is 2. The van der Waals surface area contributed by atoms with Crippen LogP contribution in [0.4, 0.5) is 0 Å². The molecular weight excluding hydrogens is 436 g/mol. The highest BCUT2D eigenvalue weighted by atomic mass is 17.2. The first-order valence-corrected chi connectivity index (χ1v) is 13.3. The van der Waals surface area contributed by atoms with Crippen molar-refractivity contribution in [1.29, 1.82) is 0 Å². The zero-order valence-electron chi connectivity index (χ0n) is 22.6. The zero-order chi connectivity index (χ0) is 25.8. The average Bonchev–Trinajstić information content (AvgIpc) is 2.81. The highest BCUT2D eigenvalue weighted by Crippen LogP contribution is 2.53. The SMILES string of the molecule is C#COOC1CC(C)C=C2C=C[C@H](C)[C@H](C)C21.C#COOC1CC(C)CC2(C)C=C[C@H](C)[C@H](C)C12. The van der Waals surface area contributed by atoms with E-state index in [0.29, 0.717) is 47.3 Å². The van der Waals surface area contributed by atoms with Crippen molar-refractivity contribution in [2.24, 2.45) is 52.8 Å². The van der Waals surface area contributed by atoms with Crippen LogP contribution in [0.5, 0.6) is 0 Å². The van der Waals surface area contributed by atoms with Gasteiger partial charge in [0, 0.05) is 11.8 Å². The monoisotopic (exact) mass is 480 g/mol. The molecule has 35 heavy (non-hydrogen) atoms. The molecule has 0 spiro atoms. The van der Waals surface area contributed by atoms with Crippen molar-refractivity contribution in [3.05, 3.63) is 36.0 Å². The third kappa shape index (κ3) is 6.17. The van der Waals surface area contributed by atoms with E-state index in [-0.39, 0.29) is 17.6 Å². The molecule has 4 aliphatic rings. The maximum atomic E-state index is 5.49. The van der Waals surface area contributed by atoms with Crippen LogP contribution >= 0.6 is 0 Å². The summed E-state index contributed by atoms with van der Waals surface area (Å²) in [7, 11) is 0. The first-order chi connectivity index (χ1) is 16.6. The molecule has 4 heteroatoms. The van der Waals surface area contributed by atoms with E-state index < -0.39 is 0 Å². The minimum absolute atomic E-state index is 0.0726. The number of terminal acetylenes is 2. The van der Waals surface area contributed by atoms with Crippen LogP contribution in [-0.2, 0) is 19.6 Å². The van der Waals surface area contributed by atoms with Crippen molar-refractivity contribution in [1.82, 2.24) is 0 Å². The van der Waals surface area contributed by atoms with Gasteiger partial charge in [0.25, 0.3) is 0 Å². The van der Waals surface area contributed by atoms with E-state index in [1.807, 2.05) is 0 Å². The fourth-order valence-corrected chi connectivity index (χ4v) is 7.12. The normalized spacial score (nSPS) is 43.7. The highest BCUT2D eigenvalue weighted by Gasteiger charge is 2.49. The molecule has 4 aliphatic carbocycles. The Morgan fingerprint density at radius 1 is 0.857 bits per heavy atom. The van der Waals surface area contributed by atoms with Crippen LogP contribution < -0.4 is 0 Å². The van der Waals surface area contributed by atoms with E-state index in [2.05, 4.69) is 91.1 Å². The van der Waals surface area contributed by atoms with Crippen molar-refractivity contribution >= 4 is 0 Å². The lowest BCUT2D eigenvalue weighted by atomic mass is 9.55. The molecule has 0 aromatic rings. The van der Waals surface area contributed by atoms with Crippen LogP contribution in [0, 0.1) is 77.8 Å². The standard InChI is InChI=1S/C16H24O2.C15H20O2/c1-6-17-18-14-9-11(2)10-16(5)8-7-12(3)13(4)15(14)16;1-5-16-17-14-9-10(2)8-13-7-6-11(3)12(4)15(13)14/h1,7-8,11-15H,9-10H2,2-5H3;1,6-8,10-12,14-15H,9H2,2-4H3/t11?,12-,13-,14?,15?,16?;10?,11-,12-,14?,15?/m00/s1. The van der Waals surface area contributed by atoms with Gasteiger partial charge in [0.1, 0.15) is 12.2 Å². The molecule has 192 valence electrons. The molecule has 4 rings (SSSR count). The van der Waals surface area contributed by atoms with Gasteiger partial charge in [-0.3, -0.25) is 9.78 Å². The second-order valence-corrected chi connectivity index (χ2v) is 11.8. The van der Waals surface area contributed by atoms with Gasteiger partial charge in [-0.25, -0.2) is 0 Å². The van der Waals surface area contributed by atoms with E-state index in [0.717, 1.165) is 12.8 Å². The fraction of sp³-hybridized carbons (Fsp3) is 0.677. The number of rotatable bonds is 4. The summed E-state index contributed by atoms with van der Waals surface area (Å²) < 4.78 is 0. The summed E-state index contributed by atoms with van der Waals surface area (Å²) in [6.07, 6.45) is 29.5. The molecule has 0 N–H and O–H groups in total. The van der Waals surface area contributed by atoms with E-state index in [9.17, 15) is 0 Å². The summed E-state index contributed by atoms with van der Waals surface area (Å²) in [4.78, 5) is 20.4. The van der Waals surface area contributed by atoms with Gasteiger partial charge in [0.15, 0.2) is 12.2 Å². The molecule has 1 saturated carbocycles. The van der Waals surface area contributed by atoms with Gasteiger partial charge in [-0.05, 0) is 65.8 Å². The van der Waals surface area contributed by atoms with Crippen LogP contribution in [0.2, 0.25) is 0 Å². The zero-order valence-corrected chi connectivity index (χ0v) is 22.6. The van der Waals surface area contributed by atoms with Crippen LogP contribution in [0.25, 0.3) is 0 Å². The summed E-state index contributed by atoms with van der Waals surface area (Å²) in [5.41, 5.74) is 1.59. The van der Waals surface area contributed by atoms with Gasteiger partial charge in [-0.15, -0.1) is 0 Å². The molecule has 0 bridgehead atoms. The average molecular weight is 481 g/mol. The van der Waals surface area contributed by atoms with Crippen molar-refractivity contribution in [2.45, 2.75) is 79.9 Å². The molecule has 0 saturated heterocycles. The Hall–Kier alpha value is -2.14. The summed E-state index contributed by atoms with van der Waals surface area (Å²) in [6.45, 7) is 15.9. The topological polar surface area (TPSA) is 36.9 Å². The largest absolute Gasteiger partial charge is 0.282 e. The van der Waals surface area contributed by atoms with Crippen molar-refractivity contribution in [2.75, 3.05) is 0 Å². The molecule has 0 amide bonds. The minimum Gasteiger partial charge on any atom is -0.282 e. The summed E-state index contributed by atoms with van der Waals surface area (Å²) in [5, 5.41) is 0. The highest BCUT2D eigenvalue weighted by molar-refractivity contribution is 5.31. The third-order valence-corrected chi connectivity index (χ3v) is 9.06. The predicted octanol–water partition coefficient (Wildman–Crippen LogP) is 7.11. The minimum atomic E-state index is 0.0726. The van der Waals surface area contributed by atoms with Gasteiger partial charge in [0.2, 0.25) is 0 Å². The molecule has 0 aromatic heterocycles. The number of hydrogen-bond acceptors (Lipinski definition) is 4. The van der Waals surface area contributed by atoms with E-state index >= 15 is 0 Å².